The number of ketones is 1. The molecule has 0 aliphatic heterocycles. The fourth-order valence-electron chi connectivity index (χ4n) is 3.60. The fourth-order valence-corrected chi connectivity index (χ4v) is 3.60. The molecule has 2 nitrogen and oxygen atoms in total. The van der Waals surface area contributed by atoms with Gasteiger partial charge in [-0.1, -0.05) is 31.4 Å². The van der Waals surface area contributed by atoms with E-state index >= 15 is 0 Å². The molecule has 2 aliphatic carbocycles. The van der Waals surface area contributed by atoms with Crippen LogP contribution in [0.15, 0.2) is 18.2 Å². The van der Waals surface area contributed by atoms with Crippen molar-refractivity contribution in [3.05, 3.63) is 34.9 Å². The van der Waals surface area contributed by atoms with Gasteiger partial charge < -0.3 is 5.73 Å². The zero-order valence-electron chi connectivity index (χ0n) is 11.6. The highest BCUT2D eigenvalue weighted by Crippen LogP contribution is 2.30. The zero-order valence-corrected chi connectivity index (χ0v) is 11.6. The van der Waals surface area contributed by atoms with Crippen molar-refractivity contribution in [1.29, 1.82) is 0 Å². The van der Waals surface area contributed by atoms with Crippen LogP contribution in [-0.4, -0.2) is 11.3 Å². The van der Waals surface area contributed by atoms with Crippen molar-refractivity contribution in [3.63, 3.8) is 0 Å². The van der Waals surface area contributed by atoms with Crippen LogP contribution < -0.4 is 5.73 Å². The predicted octanol–water partition coefficient (Wildman–Crippen LogP) is 3.41. The van der Waals surface area contributed by atoms with Crippen LogP contribution in [0.4, 0.5) is 0 Å². The molecule has 0 bridgehead atoms. The van der Waals surface area contributed by atoms with Gasteiger partial charge in [-0.25, -0.2) is 0 Å². The summed E-state index contributed by atoms with van der Waals surface area (Å²) in [4.78, 5) is 12.4. The number of nitrogens with two attached hydrogens (primary N) is 1. The van der Waals surface area contributed by atoms with Crippen LogP contribution in [-0.2, 0) is 12.8 Å². The molecule has 102 valence electrons. The first-order valence-electron chi connectivity index (χ1n) is 7.60. The van der Waals surface area contributed by atoms with Crippen molar-refractivity contribution in [3.8, 4) is 0 Å². The summed E-state index contributed by atoms with van der Waals surface area (Å²) < 4.78 is 0. The van der Waals surface area contributed by atoms with E-state index < -0.39 is 0 Å². The number of fused-ring (bicyclic) bond motifs is 1. The molecule has 2 aliphatic rings. The summed E-state index contributed by atoms with van der Waals surface area (Å²) in [5.41, 5.74) is 9.82. The average Bonchev–Trinajstić information content (AvgIpc) is 2.86. The van der Waals surface area contributed by atoms with Gasteiger partial charge in [0.2, 0.25) is 0 Å². The second-order valence-electron chi connectivity index (χ2n) is 6.36. The first-order valence-corrected chi connectivity index (χ1v) is 7.60. The highest BCUT2D eigenvalue weighted by atomic mass is 16.1. The molecule has 1 aromatic carbocycles. The van der Waals surface area contributed by atoms with Crippen molar-refractivity contribution >= 4 is 5.78 Å². The molecule has 0 aromatic heterocycles. The molecule has 2 heteroatoms. The number of hydrogen-bond acceptors (Lipinski definition) is 2. The molecule has 2 N–H and O–H groups in total. The van der Waals surface area contributed by atoms with Crippen LogP contribution in [0.1, 0.15) is 66.4 Å². The van der Waals surface area contributed by atoms with Gasteiger partial charge in [0.15, 0.2) is 5.78 Å². The largest absolute Gasteiger partial charge is 0.325 e. The lowest BCUT2D eigenvalue weighted by Gasteiger charge is -2.32. The summed E-state index contributed by atoms with van der Waals surface area (Å²) in [5.74, 6) is 0.235. The Morgan fingerprint density at radius 3 is 2.58 bits per heavy atom. The van der Waals surface area contributed by atoms with E-state index in [2.05, 4.69) is 12.1 Å². The van der Waals surface area contributed by atoms with Crippen LogP contribution >= 0.6 is 0 Å². The predicted molar refractivity (Wildman–Crippen MR) is 77.4 cm³/mol. The maximum Gasteiger partial charge on any atom is 0.164 e. The Morgan fingerprint density at radius 2 is 1.79 bits per heavy atom. The van der Waals surface area contributed by atoms with Crippen molar-refractivity contribution in [2.75, 3.05) is 0 Å². The Bertz CT molecular complexity index is 486. The van der Waals surface area contributed by atoms with Crippen molar-refractivity contribution < 1.29 is 4.79 Å². The lowest BCUT2D eigenvalue weighted by molar-refractivity contribution is 0.0934. The fraction of sp³-hybridized carbons (Fsp3) is 0.588. The van der Waals surface area contributed by atoms with E-state index in [1.807, 2.05) is 6.07 Å². The number of aryl methyl sites for hydroxylation is 2. The Kier molecular flexibility index (Phi) is 3.44. The van der Waals surface area contributed by atoms with E-state index in [0.29, 0.717) is 6.42 Å². The molecule has 0 heterocycles. The SMILES string of the molecule is NC1(CC(=O)c2ccc3c(c2)CCC3)CCCCC1. The van der Waals surface area contributed by atoms with E-state index in [4.69, 9.17) is 5.73 Å². The molecule has 0 unspecified atom stereocenters. The molecule has 1 fully saturated rings. The highest BCUT2D eigenvalue weighted by Gasteiger charge is 2.30. The van der Waals surface area contributed by atoms with Gasteiger partial charge in [-0.05, 0) is 49.3 Å². The minimum atomic E-state index is -0.242. The summed E-state index contributed by atoms with van der Waals surface area (Å²) in [5, 5.41) is 0. The van der Waals surface area contributed by atoms with Crippen molar-refractivity contribution in [2.24, 2.45) is 5.73 Å². The van der Waals surface area contributed by atoms with Gasteiger partial charge in [0.1, 0.15) is 0 Å². The molecular formula is C17H23NO. The molecule has 1 saturated carbocycles. The average molecular weight is 257 g/mol. The van der Waals surface area contributed by atoms with Crippen LogP contribution in [0.3, 0.4) is 0 Å². The van der Waals surface area contributed by atoms with Crippen molar-refractivity contribution in [1.82, 2.24) is 0 Å². The minimum absolute atomic E-state index is 0.235. The van der Waals surface area contributed by atoms with E-state index in [1.54, 1.807) is 0 Å². The number of hydrogen-bond donors (Lipinski definition) is 1. The topological polar surface area (TPSA) is 43.1 Å². The van der Waals surface area contributed by atoms with Gasteiger partial charge in [-0.3, -0.25) is 4.79 Å². The van der Waals surface area contributed by atoms with Gasteiger partial charge in [-0.2, -0.15) is 0 Å². The number of carbonyl (C=O) groups excluding carboxylic acids is 1. The second kappa shape index (κ2) is 5.09. The lowest BCUT2D eigenvalue weighted by atomic mass is 9.78. The van der Waals surface area contributed by atoms with E-state index in [1.165, 1.54) is 43.2 Å². The lowest BCUT2D eigenvalue weighted by Crippen LogP contribution is -2.43. The number of rotatable bonds is 3. The van der Waals surface area contributed by atoms with Crippen LogP contribution in [0, 0.1) is 0 Å². The number of Topliss-reactive ketones (excluding diaryl/α,β-unsaturated/α-hetero) is 1. The van der Waals surface area contributed by atoms with Gasteiger partial charge in [0, 0.05) is 17.5 Å². The van der Waals surface area contributed by atoms with Crippen molar-refractivity contribution in [2.45, 2.75) is 63.3 Å². The third-order valence-electron chi connectivity index (χ3n) is 4.78. The number of carbonyl (C=O) groups is 1. The summed E-state index contributed by atoms with van der Waals surface area (Å²) in [6, 6.07) is 6.25. The van der Waals surface area contributed by atoms with E-state index in [9.17, 15) is 4.79 Å². The smallest absolute Gasteiger partial charge is 0.164 e. The summed E-state index contributed by atoms with van der Waals surface area (Å²) in [6.45, 7) is 0. The Balaban J connectivity index is 1.73. The standard InChI is InChI=1S/C17H23NO/c18-17(9-2-1-3-10-17)12-16(19)15-8-7-13-5-4-6-14(13)11-15/h7-8,11H,1-6,9-10,12,18H2. The van der Waals surface area contributed by atoms with Crippen LogP contribution in [0.5, 0.6) is 0 Å². The maximum atomic E-state index is 12.4. The van der Waals surface area contributed by atoms with Gasteiger partial charge in [0.25, 0.3) is 0 Å². The van der Waals surface area contributed by atoms with E-state index in [0.717, 1.165) is 24.8 Å². The second-order valence-corrected chi connectivity index (χ2v) is 6.36. The molecule has 0 spiro atoms. The molecule has 0 amide bonds. The first-order chi connectivity index (χ1) is 9.16. The van der Waals surface area contributed by atoms with Gasteiger partial charge >= 0.3 is 0 Å². The first kappa shape index (κ1) is 12.9. The van der Waals surface area contributed by atoms with E-state index in [-0.39, 0.29) is 11.3 Å². The Hall–Kier alpha value is -1.15. The monoisotopic (exact) mass is 257 g/mol. The third-order valence-corrected chi connectivity index (χ3v) is 4.78. The molecule has 0 atom stereocenters. The summed E-state index contributed by atoms with van der Waals surface area (Å²) in [6.07, 6.45) is 9.68. The number of benzene rings is 1. The zero-order chi connectivity index (χ0) is 13.3. The molecule has 3 rings (SSSR count). The maximum absolute atomic E-state index is 12.4. The molecule has 0 radical (unpaired) electrons. The van der Waals surface area contributed by atoms with Gasteiger partial charge in [0.05, 0.1) is 0 Å². The normalized spacial score (nSPS) is 21.1. The molecule has 19 heavy (non-hydrogen) atoms. The Labute approximate surface area is 115 Å². The third kappa shape index (κ3) is 2.74. The minimum Gasteiger partial charge on any atom is -0.325 e. The van der Waals surface area contributed by atoms with Gasteiger partial charge in [-0.15, -0.1) is 0 Å². The molecule has 0 saturated heterocycles. The summed E-state index contributed by atoms with van der Waals surface area (Å²) in [7, 11) is 0. The summed E-state index contributed by atoms with van der Waals surface area (Å²) >= 11 is 0. The Morgan fingerprint density at radius 1 is 1.05 bits per heavy atom. The van der Waals surface area contributed by atoms with Crippen LogP contribution in [0.25, 0.3) is 0 Å². The molecule has 1 aromatic rings. The molecular weight excluding hydrogens is 234 g/mol. The quantitative estimate of drug-likeness (QED) is 0.843. The van der Waals surface area contributed by atoms with Crippen LogP contribution in [0.2, 0.25) is 0 Å². The highest BCUT2D eigenvalue weighted by molar-refractivity contribution is 5.97.